The summed E-state index contributed by atoms with van der Waals surface area (Å²) in [6.07, 6.45) is 2.66. The lowest BCUT2D eigenvalue weighted by Gasteiger charge is -2.05. The Balaban J connectivity index is 2.15. The first kappa shape index (κ1) is 13.6. The Morgan fingerprint density at radius 3 is 2.84 bits per heavy atom. The van der Waals surface area contributed by atoms with Gasteiger partial charge in [0.1, 0.15) is 5.82 Å². The third-order valence-corrected chi connectivity index (χ3v) is 3.34. The van der Waals surface area contributed by atoms with Crippen LogP contribution in [0.5, 0.6) is 0 Å². The molecule has 1 aromatic heterocycles. The highest BCUT2D eigenvalue weighted by molar-refractivity contribution is 5.76. The van der Waals surface area contributed by atoms with Gasteiger partial charge in [0.15, 0.2) is 0 Å². The van der Waals surface area contributed by atoms with E-state index in [0.717, 1.165) is 30.7 Å². The van der Waals surface area contributed by atoms with Gasteiger partial charge in [0, 0.05) is 19.4 Å². The Morgan fingerprint density at radius 1 is 1.37 bits per heavy atom. The van der Waals surface area contributed by atoms with E-state index in [0.29, 0.717) is 6.42 Å². The summed E-state index contributed by atoms with van der Waals surface area (Å²) in [4.78, 5) is 15.2. The van der Waals surface area contributed by atoms with E-state index < -0.39 is 5.97 Å². The number of unbranched alkanes of at least 4 members (excludes halogenated alkanes) is 1. The van der Waals surface area contributed by atoms with E-state index in [1.807, 2.05) is 0 Å². The molecule has 0 aliphatic rings. The number of aromatic nitrogens is 2. The SMILES string of the molecule is CCn1c(CCCCC(=O)O)nc2cc(C)ccc21. The molecule has 19 heavy (non-hydrogen) atoms. The van der Waals surface area contributed by atoms with Crippen molar-refractivity contribution in [3.8, 4) is 0 Å². The lowest BCUT2D eigenvalue weighted by atomic mass is 10.2. The third kappa shape index (κ3) is 3.13. The van der Waals surface area contributed by atoms with Crippen LogP contribution >= 0.6 is 0 Å². The molecule has 1 N–H and O–H groups in total. The van der Waals surface area contributed by atoms with E-state index in [4.69, 9.17) is 5.11 Å². The van der Waals surface area contributed by atoms with Gasteiger partial charge >= 0.3 is 5.97 Å². The summed E-state index contributed by atoms with van der Waals surface area (Å²) in [7, 11) is 0. The molecular weight excluding hydrogens is 240 g/mol. The highest BCUT2D eigenvalue weighted by atomic mass is 16.4. The monoisotopic (exact) mass is 260 g/mol. The van der Waals surface area contributed by atoms with E-state index in [1.165, 1.54) is 11.1 Å². The summed E-state index contributed by atoms with van der Waals surface area (Å²) in [5, 5.41) is 8.64. The predicted octanol–water partition coefficient (Wildman–Crippen LogP) is 3.16. The van der Waals surface area contributed by atoms with Gasteiger partial charge in [-0.3, -0.25) is 4.79 Å². The van der Waals surface area contributed by atoms with Crippen molar-refractivity contribution in [3.63, 3.8) is 0 Å². The molecule has 1 aromatic carbocycles. The molecule has 4 heteroatoms. The Labute approximate surface area is 113 Å². The molecule has 1 heterocycles. The fraction of sp³-hybridized carbons (Fsp3) is 0.467. The van der Waals surface area contributed by atoms with Gasteiger partial charge in [-0.1, -0.05) is 6.07 Å². The van der Waals surface area contributed by atoms with Gasteiger partial charge in [-0.25, -0.2) is 4.98 Å². The molecule has 4 nitrogen and oxygen atoms in total. The van der Waals surface area contributed by atoms with E-state index in [1.54, 1.807) is 0 Å². The van der Waals surface area contributed by atoms with Gasteiger partial charge in [0.05, 0.1) is 11.0 Å². The number of carboxylic acids is 1. The predicted molar refractivity (Wildman–Crippen MR) is 75.3 cm³/mol. The molecule has 0 fully saturated rings. The molecular formula is C15H20N2O2. The van der Waals surface area contributed by atoms with Gasteiger partial charge in [0.25, 0.3) is 0 Å². The average Bonchev–Trinajstić information content (AvgIpc) is 2.70. The second-order valence-corrected chi connectivity index (χ2v) is 4.87. The standard InChI is InChI=1S/C15H20N2O2/c1-3-17-13-9-8-11(2)10-12(13)16-14(17)6-4-5-7-15(18)19/h8-10H,3-7H2,1-2H3,(H,18,19). The Bertz CT molecular complexity index is 587. The van der Waals surface area contributed by atoms with E-state index in [2.05, 4.69) is 41.6 Å². The summed E-state index contributed by atoms with van der Waals surface area (Å²) in [5.74, 6) is 0.341. The first-order valence-corrected chi connectivity index (χ1v) is 6.79. The average molecular weight is 260 g/mol. The molecule has 0 aliphatic carbocycles. The Kier molecular flexibility index (Phi) is 4.20. The minimum absolute atomic E-state index is 0.242. The molecule has 0 radical (unpaired) electrons. The van der Waals surface area contributed by atoms with Gasteiger partial charge in [-0.2, -0.15) is 0 Å². The second kappa shape index (κ2) is 5.87. The summed E-state index contributed by atoms with van der Waals surface area (Å²) in [6, 6.07) is 6.31. The molecule has 0 amide bonds. The number of hydrogen-bond acceptors (Lipinski definition) is 2. The first-order valence-electron chi connectivity index (χ1n) is 6.79. The Hall–Kier alpha value is -1.84. The smallest absolute Gasteiger partial charge is 0.303 e. The van der Waals surface area contributed by atoms with Crippen molar-refractivity contribution in [2.24, 2.45) is 0 Å². The van der Waals surface area contributed by atoms with Crippen LogP contribution in [0.1, 0.15) is 37.6 Å². The maximum Gasteiger partial charge on any atom is 0.303 e. The third-order valence-electron chi connectivity index (χ3n) is 3.34. The maximum atomic E-state index is 10.5. The lowest BCUT2D eigenvalue weighted by Crippen LogP contribution is -2.02. The minimum atomic E-state index is -0.723. The zero-order chi connectivity index (χ0) is 13.8. The largest absolute Gasteiger partial charge is 0.481 e. The van der Waals surface area contributed by atoms with Crippen LogP contribution in [0.15, 0.2) is 18.2 Å². The maximum absolute atomic E-state index is 10.5. The second-order valence-electron chi connectivity index (χ2n) is 4.87. The summed E-state index contributed by atoms with van der Waals surface area (Å²) >= 11 is 0. The molecule has 102 valence electrons. The molecule has 2 aromatic rings. The topological polar surface area (TPSA) is 55.1 Å². The summed E-state index contributed by atoms with van der Waals surface area (Å²) in [5.41, 5.74) is 3.42. The quantitative estimate of drug-likeness (QED) is 0.812. The normalized spacial score (nSPS) is 11.1. The molecule has 0 saturated heterocycles. The number of fused-ring (bicyclic) bond motifs is 1. The number of aryl methyl sites for hydroxylation is 3. The van der Waals surface area contributed by atoms with Gasteiger partial charge in [-0.05, 0) is 44.4 Å². The van der Waals surface area contributed by atoms with Crippen LogP contribution in [0.4, 0.5) is 0 Å². The molecule has 2 rings (SSSR count). The van der Waals surface area contributed by atoms with Gasteiger partial charge in [0.2, 0.25) is 0 Å². The van der Waals surface area contributed by atoms with Crippen LogP contribution in [0, 0.1) is 6.92 Å². The van der Waals surface area contributed by atoms with Crippen molar-refractivity contribution >= 4 is 17.0 Å². The zero-order valence-electron chi connectivity index (χ0n) is 11.5. The van der Waals surface area contributed by atoms with Crippen LogP contribution < -0.4 is 0 Å². The minimum Gasteiger partial charge on any atom is -0.481 e. The number of rotatable bonds is 6. The van der Waals surface area contributed by atoms with Crippen molar-refractivity contribution in [3.05, 3.63) is 29.6 Å². The number of carboxylic acid groups (broad SMARTS) is 1. The van der Waals surface area contributed by atoms with E-state index in [-0.39, 0.29) is 6.42 Å². The van der Waals surface area contributed by atoms with Crippen molar-refractivity contribution in [2.75, 3.05) is 0 Å². The van der Waals surface area contributed by atoms with Gasteiger partial charge < -0.3 is 9.67 Å². The summed E-state index contributed by atoms with van der Waals surface area (Å²) < 4.78 is 2.22. The Morgan fingerprint density at radius 2 is 2.16 bits per heavy atom. The van der Waals surface area contributed by atoms with Crippen LogP contribution in [0.2, 0.25) is 0 Å². The van der Waals surface area contributed by atoms with Crippen LogP contribution in [0.25, 0.3) is 11.0 Å². The van der Waals surface area contributed by atoms with Crippen molar-refractivity contribution < 1.29 is 9.90 Å². The highest BCUT2D eigenvalue weighted by Crippen LogP contribution is 2.19. The number of carbonyl (C=O) groups is 1. The lowest BCUT2D eigenvalue weighted by molar-refractivity contribution is -0.137. The van der Waals surface area contributed by atoms with E-state index in [9.17, 15) is 4.79 Å². The number of hydrogen-bond donors (Lipinski definition) is 1. The van der Waals surface area contributed by atoms with Crippen LogP contribution in [0.3, 0.4) is 0 Å². The molecule has 0 aliphatic heterocycles. The van der Waals surface area contributed by atoms with Crippen molar-refractivity contribution in [2.45, 2.75) is 46.1 Å². The van der Waals surface area contributed by atoms with Gasteiger partial charge in [-0.15, -0.1) is 0 Å². The fourth-order valence-electron chi connectivity index (χ4n) is 2.39. The van der Waals surface area contributed by atoms with Crippen LogP contribution in [-0.4, -0.2) is 20.6 Å². The summed E-state index contributed by atoms with van der Waals surface area (Å²) in [6.45, 7) is 5.08. The molecule has 0 unspecified atom stereocenters. The molecule has 0 atom stereocenters. The fourth-order valence-corrected chi connectivity index (χ4v) is 2.39. The first-order chi connectivity index (χ1) is 9.11. The highest BCUT2D eigenvalue weighted by Gasteiger charge is 2.09. The van der Waals surface area contributed by atoms with Crippen molar-refractivity contribution in [1.82, 2.24) is 9.55 Å². The number of nitrogens with zero attached hydrogens (tertiary/aromatic N) is 2. The van der Waals surface area contributed by atoms with Crippen molar-refractivity contribution in [1.29, 1.82) is 0 Å². The number of imidazole rings is 1. The molecule has 0 spiro atoms. The number of benzene rings is 1. The molecule has 0 saturated carbocycles. The number of aliphatic carboxylic acids is 1. The van der Waals surface area contributed by atoms with Crippen LogP contribution in [-0.2, 0) is 17.8 Å². The molecule has 0 bridgehead atoms. The zero-order valence-corrected chi connectivity index (χ0v) is 11.5. The van der Waals surface area contributed by atoms with E-state index >= 15 is 0 Å².